The van der Waals surface area contributed by atoms with Gasteiger partial charge in [-0.2, -0.15) is 8.62 Å². The fourth-order valence-electron chi connectivity index (χ4n) is 3.90. The Hall–Kier alpha value is -1.32. The van der Waals surface area contributed by atoms with Gasteiger partial charge in [-0.15, -0.1) is 0 Å². The molecule has 204 valence electrons. The highest BCUT2D eigenvalue weighted by Crippen LogP contribution is 2.66. The number of nitrogens with two attached hydrogens (primary N) is 1. The van der Waals surface area contributed by atoms with E-state index in [-0.39, 0.29) is 12.2 Å². The first-order valence-corrected chi connectivity index (χ1v) is 15.3. The van der Waals surface area contributed by atoms with E-state index in [0.29, 0.717) is 24.0 Å². The number of aliphatic hydroxyl groups is 1. The number of anilines is 1. The van der Waals surface area contributed by atoms with E-state index in [2.05, 4.69) is 28.1 Å². The van der Waals surface area contributed by atoms with Crippen molar-refractivity contribution in [2.24, 2.45) is 0 Å². The van der Waals surface area contributed by atoms with Gasteiger partial charge in [0.1, 0.15) is 17.9 Å². The van der Waals surface area contributed by atoms with E-state index < -0.39 is 48.0 Å². The van der Waals surface area contributed by atoms with Gasteiger partial charge in [0, 0.05) is 6.42 Å². The number of nitrogen functional groups attached to an aromatic ring is 1. The Kier molecular flexibility index (Phi) is 9.09. The minimum absolute atomic E-state index is 0.0128. The van der Waals surface area contributed by atoms with Gasteiger partial charge in [0.25, 0.3) is 0 Å². The minimum Gasteiger partial charge on any atom is -0.390 e. The third-order valence-electron chi connectivity index (χ3n) is 5.37. The number of aliphatic hydroxyl groups excluding tert-OH is 1. The second kappa shape index (κ2) is 11.2. The third-order valence-corrected chi connectivity index (χ3v) is 9.17. The van der Waals surface area contributed by atoms with Gasteiger partial charge >= 0.3 is 23.5 Å². The van der Waals surface area contributed by atoms with Crippen LogP contribution >= 0.6 is 23.5 Å². The summed E-state index contributed by atoms with van der Waals surface area (Å²) in [5, 5.41) is 10.7. The molecule has 0 spiro atoms. The number of nitrogens with zero attached hydrogens (tertiary/aromatic N) is 4. The molecule has 5 atom stereocenters. The van der Waals surface area contributed by atoms with E-state index in [4.69, 9.17) is 20.3 Å². The SMILES string of the molecule is CCCCCC[C@]1(n2cnc3c(N)ncnc32)C[C@H](O)[C@@H](COP(=O)(O)OP(=O)(O)OP(=O)(O)O)O1. The van der Waals surface area contributed by atoms with E-state index in [9.17, 15) is 28.6 Å². The molecule has 2 aromatic heterocycles. The number of rotatable bonds is 13. The first-order valence-electron chi connectivity index (χ1n) is 10.8. The zero-order chi connectivity index (χ0) is 26.8. The number of hydrogen-bond donors (Lipinski definition) is 6. The zero-order valence-electron chi connectivity index (χ0n) is 19.1. The Balaban J connectivity index is 1.79. The predicted octanol–water partition coefficient (Wildman–Crippen LogP) is 1.52. The van der Waals surface area contributed by atoms with E-state index in [0.717, 1.165) is 19.3 Å². The van der Waals surface area contributed by atoms with Crippen molar-refractivity contribution in [1.82, 2.24) is 19.5 Å². The fraction of sp³-hybridized carbons (Fsp3) is 0.688. The second-order valence-electron chi connectivity index (χ2n) is 8.12. The first kappa shape index (κ1) is 29.2. The monoisotopic (exact) mass is 575 g/mol. The number of fused-ring (bicyclic) bond motifs is 1. The second-order valence-corrected chi connectivity index (χ2v) is 12.5. The molecule has 1 aliphatic heterocycles. The van der Waals surface area contributed by atoms with Gasteiger partial charge in [-0.3, -0.25) is 9.09 Å². The lowest BCUT2D eigenvalue weighted by Crippen LogP contribution is -2.34. The number of aromatic nitrogens is 4. The lowest BCUT2D eigenvalue weighted by atomic mass is 9.99. The van der Waals surface area contributed by atoms with Crippen molar-refractivity contribution in [3.8, 4) is 0 Å². The lowest BCUT2D eigenvalue weighted by Gasteiger charge is -2.31. The summed E-state index contributed by atoms with van der Waals surface area (Å²) < 4.78 is 54.1. The molecule has 20 heteroatoms. The van der Waals surface area contributed by atoms with Crippen molar-refractivity contribution in [3.05, 3.63) is 12.7 Å². The number of hydrogen-bond acceptors (Lipinski definition) is 12. The molecule has 36 heavy (non-hydrogen) atoms. The summed E-state index contributed by atoms with van der Waals surface area (Å²) in [5.74, 6) is 0.141. The number of imidazole rings is 1. The average molecular weight is 575 g/mol. The minimum atomic E-state index is -5.67. The van der Waals surface area contributed by atoms with Crippen LogP contribution in [0.25, 0.3) is 11.2 Å². The van der Waals surface area contributed by atoms with E-state index in [1.165, 1.54) is 12.7 Å². The number of ether oxygens (including phenoxy) is 1. The Morgan fingerprint density at radius 1 is 1.11 bits per heavy atom. The van der Waals surface area contributed by atoms with Gasteiger partial charge in [-0.1, -0.05) is 26.2 Å². The molecule has 2 unspecified atom stereocenters. The number of phosphoric acid groups is 3. The van der Waals surface area contributed by atoms with E-state index >= 15 is 0 Å². The van der Waals surface area contributed by atoms with Crippen LogP contribution in [0, 0.1) is 0 Å². The van der Waals surface area contributed by atoms with Gasteiger partial charge in [-0.25, -0.2) is 28.6 Å². The van der Waals surface area contributed by atoms with E-state index in [1.807, 2.05) is 6.92 Å². The highest BCUT2D eigenvalue weighted by Gasteiger charge is 2.49. The molecule has 1 aliphatic rings. The molecule has 0 radical (unpaired) electrons. The topological polar surface area (TPSA) is 259 Å². The van der Waals surface area contributed by atoms with Gasteiger partial charge < -0.3 is 35.2 Å². The summed E-state index contributed by atoms with van der Waals surface area (Å²) in [4.78, 5) is 48.6. The molecule has 3 heterocycles. The molecule has 1 saturated heterocycles. The smallest absolute Gasteiger partial charge is 0.390 e. The summed E-state index contributed by atoms with van der Waals surface area (Å²) in [7, 11) is -16.6. The maximum Gasteiger partial charge on any atom is 0.490 e. The molecule has 1 fully saturated rings. The van der Waals surface area contributed by atoms with Gasteiger partial charge in [-0.05, 0) is 12.8 Å². The Bertz CT molecular complexity index is 1210. The van der Waals surface area contributed by atoms with Crippen LogP contribution in [0.1, 0.15) is 45.4 Å². The average Bonchev–Trinajstić information content (AvgIpc) is 3.30. The third kappa shape index (κ3) is 7.38. The van der Waals surface area contributed by atoms with Crippen LogP contribution in [0.15, 0.2) is 12.7 Å². The van der Waals surface area contributed by atoms with Crippen LogP contribution in [0.4, 0.5) is 5.82 Å². The maximum absolute atomic E-state index is 12.1. The van der Waals surface area contributed by atoms with Gasteiger partial charge in [0.15, 0.2) is 17.2 Å². The van der Waals surface area contributed by atoms with Crippen molar-refractivity contribution >= 4 is 40.4 Å². The molecule has 0 aromatic carbocycles. The highest BCUT2D eigenvalue weighted by atomic mass is 31.3. The summed E-state index contributed by atoms with van der Waals surface area (Å²) >= 11 is 0. The summed E-state index contributed by atoms with van der Waals surface area (Å²) in [6.07, 6.45) is 4.19. The maximum atomic E-state index is 12.1. The molecular weight excluding hydrogens is 547 g/mol. The Morgan fingerprint density at radius 2 is 1.83 bits per heavy atom. The quantitative estimate of drug-likeness (QED) is 0.146. The summed E-state index contributed by atoms with van der Waals surface area (Å²) in [6.45, 7) is 1.26. The summed E-state index contributed by atoms with van der Waals surface area (Å²) in [5.41, 5.74) is 5.36. The highest BCUT2D eigenvalue weighted by molar-refractivity contribution is 7.66. The summed E-state index contributed by atoms with van der Waals surface area (Å²) in [6, 6.07) is 0. The number of unbranched alkanes of at least 4 members (excludes halogenated alkanes) is 3. The van der Waals surface area contributed by atoms with Crippen molar-refractivity contribution in [1.29, 1.82) is 0 Å². The zero-order valence-corrected chi connectivity index (χ0v) is 21.7. The fourth-order valence-corrected chi connectivity index (χ4v) is 6.93. The molecule has 7 N–H and O–H groups in total. The largest absolute Gasteiger partial charge is 0.490 e. The van der Waals surface area contributed by atoms with Crippen LogP contribution < -0.4 is 5.73 Å². The Labute approximate surface area is 205 Å². The Morgan fingerprint density at radius 3 is 2.50 bits per heavy atom. The van der Waals surface area contributed by atoms with Gasteiger partial charge in [0.05, 0.1) is 19.0 Å². The predicted molar refractivity (Wildman–Crippen MR) is 122 cm³/mol. The van der Waals surface area contributed by atoms with Crippen LogP contribution in [-0.4, -0.2) is 63.0 Å². The van der Waals surface area contributed by atoms with Gasteiger partial charge in [0.2, 0.25) is 0 Å². The molecule has 0 amide bonds. The van der Waals surface area contributed by atoms with Crippen molar-refractivity contribution in [2.45, 2.75) is 63.4 Å². The molecule has 17 nitrogen and oxygen atoms in total. The molecule has 0 aliphatic carbocycles. The van der Waals surface area contributed by atoms with Crippen LogP contribution in [0.2, 0.25) is 0 Å². The molecule has 2 aromatic rings. The molecule has 0 bridgehead atoms. The van der Waals surface area contributed by atoms with E-state index in [1.54, 1.807) is 4.57 Å². The van der Waals surface area contributed by atoms with Crippen LogP contribution in [0.5, 0.6) is 0 Å². The first-order chi connectivity index (χ1) is 16.7. The number of phosphoric ester groups is 1. The van der Waals surface area contributed by atoms with Crippen molar-refractivity contribution < 1.29 is 56.3 Å². The van der Waals surface area contributed by atoms with Crippen LogP contribution in [0.3, 0.4) is 0 Å². The molecular formula is C16H28N5O12P3. The molecule has 3 rings (SSSR count). The normalized spacial score (nSPS) is 26.2. The lowest BCUT2D eigenvalue weighted by molar-refractivity contribution is -0.119. The van der Waals surface area contributed by atoms with Crippen LogP contribution in [-0.2, 0) is 37.3 Å². The van der Waals surface area contributed by atoms with Crippen molar-refractivity contribution in [3.63, 3.8) is 0 Å². The molecule has 0 saturated carbocycles. The van der Waals surface area contributed by atoms with Crippen molar-refractivity contribution in [2.75, 3.05) is 12.3 Å². The standard InChI is InChI=1S/C16H28N5O12P3/c1-2-3-4-5-6-16(21-10-20-13-14(17)18-9-19-15(13)21)7-11(22)12(31-16)8-30-35(26,27)33-36(28,29)32-34(23,24)25/h9-12,22H,2-8H2,1H3,(H,26,27)(H,28,29)(H2,17,18,19)(H2,23,24,25)/t11-,12+,16+/m0/s1.